The molecule has 3 aliphatic carbocycles. The van der Waals surface area contributed by atoms with Gasteiger partial charge in [-0.1, -0.05) is 51.1 Å². The molecule has 3 aliphatic rings. The van der Waals surface area contributed by atoms with Gasteiger partial charge in [0.2, 0.25) is 0 Å². The minimum absolute atomic E-state index is 0.00203. The lowest BCUT2D eigenvalue weighted by Gasteiger charge is -2.35. The number of aliphatic hydroxyl groups is 1. The number of primary amides is 1. The van der Waals surface area contributed by atoms with E-state index in [0.29, 0.717) is 17.1 Å². The number of thiophene rings is 1. The molecule has 1 aromatic carbocycles. The number of nitrogens with one attached hydrogen (secondary N) is 1. The third-order valence-electron chi connectivity index (χ3n) is 11.0. The van der Waals surface area contributed by atoms with Gasteiger partial charge in [-0.3, -0.25) is 10.1 Å². The standard InChI is InChI=1S/C39H49N5O4S/c1-38(2,3)33-13-12-32(49-33)37(47)43-31(36(46)40-21-16-34(45)44-48)22-25-4-6-29(7-5-25)35-41-23-30(24-42-35)27-10-8-26(9-11-27)28-14-17-39(18-15-28)19-20-39/h4-7,10,12-13,23-24,26,28,31,34,45H,8-9,11,14-22H2,1-3H3,(H,40,46)(H,43,47)/p+1. The van der Waals surface area contributed by atoms with Gasteiger partial charge < -0.3 is 10.4 Å². The monoisotopic (exact) mass is 684 g/mol. The van der Waals surface area contributed by atoms with Crippen molar-refractivity contribution in [2.24, 2.45) is 22.4 Å². The maximum absolute atomic E-state index is 13.3. The molecule has 3 atom stereocenters. The largest absolute Gasteiger partial charge is 0.369 e. The molecular weight excluding hydrogens is 635 g/mol. The summed E-state index contributed by atoms with van der Waals surface area (Å²) in [5.74, 6) is 1.81. The number of hydrogen-bond donors (Lipinski definition) is 3. The van der Waals surface area contributed by atoms with Crippen molar-refractivity contribution in [1.82, 2.24) is 15.3 Å². The number of aliphatic hydroxyl groups excluding tert-OH is 1. The number of carbonyl (C=O) groups is 2. The first-order chi connectivity index (χ1) is 23.5. The molecule has 49 heavy (non-hydrogen) atoms. The van der Waals surface area contributed by atoms with Crippen molar-refractivity contribution >= 4 is 28.7 Å². The van der Waals surface area contributed by atoms with E-state index in [0.717, 1.165) is 45.2 Å². The highest BCUT2D eigenvalue weighted by atomic mass is 32.1. The number of nitrogens with zero attached hydrogens (tertiary/aromatic N) is 3. The highest BCUT2D eigenvalue weighted by Crippen LogP contribution is 2.58. The second-order valence-corrected chi connectivity index (χ2v) is 16.6. The SMILES string of the molecule is CC(C)(C)c1ccc(C(=O)[NH2+]C(Cc2ccc(-c3ncc(C4=CCC(C5CCC6(CC5)CC6)CC4)cn3)cc2)C(=O)NCCC(O)N=O)s1. The minimum Gasteiger partial charge on any atom is -0.369 e. The van der Waals surface area contributed by atoms with Crippen LogP contribution >= 0.6 is 11.3 Å². The Morgan fingerprint density at radius 2 is 1.71 bits per heavy atom. The van der Waals surface area contributed by atoms with Crippen LogP contribution in [0, 0.1) is 22.2 Å². The van der Waals surface area contributed by atoms with Crippen molar-refractivity contribution < 1.29 is 20.0 Å². The summed E-state index contributed by atoms with van der Waals surface area (Å²) in [7, 11) is 0. The zero-order valence-corrected chi connectivity index (χ0v) is 29.8. The fourth-order valence-electron chi connectivity index (χ4n) is 7.51. The number of allylic oxidation sites excluding steroid dienone is 2. The molecule has 6 rings (SSSR count). The number of rotatable bonds is 12. The quantitative estimate of drug-likeness (QED) is 0.185. The average Bonchev–Trinajstić information content (AvgIpc) is 3.64. The van der Waals surface area contributed by atoms with E-state index >= 15 is 0 Å². The van der Waals surface area contributed by atoms with E-state index in [1.165, 1.54) is 73.6 Å². The first-order valence-electron chi connectivity index (χ1n) is 17.9. The zero-order valence-electron chi connectivity index (χ0n) is 29.0. The van der Waals surface area contributed by atoms with Gasteiger partial charge in [0.25, 0.3) is 5.91 Å². The number of aromatic nitrogens is 2. The van der Waals surface area contributed by atoms with Gasteiger partial charge in [0.05, 0.1) is 0 Å². The lowest BCUT2D eigenvalue weighted by Crippen LogP contribution is -2.96. The molecular formula is C39H50N5O4S+. The van der Waals surface area contributed by atoms with Crippen molar-refractivity contribution in [2.75, 3.05) is 6.54 Å². The lowest BCUT2D eigenvalue weighted by atomic mass is 9.70. The van der Waals surface area contributed by atoms with Crippen LogP contribution in [0.2, 0.25) is 0 Å². The van der Waals surface area contributed by atoms with Gasteiger partial charge in [0.15, 0.2) is 18.1 Å². The van der Waals surface area contributed by atoms with Crippen LogP contribution in [0.15, 0.2) is 60.0 Å². The normalized spacial score (nSPS) is 20.3. The van der Waals surface area contributed by atoms with E-state index in [1.807, 2.05) is 48.8 Å². The topological polar surface area (TPSA) is 138 Å². The van der Waals surface area contributed by atoms with Crippen LogP contribution in [-0.4, -0.2) is 45.7 Å². The fraction of sp³-hybridized carbons (Fsp3) is 0.538. The van der Waals surface area contributed by atoms with Gasteiger partial charge >= 0.3 is 5.91 Å². The van der Waals surface area contributed by atoms with Crippen LogP contribution in [0.3, 0.4) is 0 Å². The molecule has 2 saturated carbocycles. The van der Waals surface area contributed by atoms with Crippen LogP contribution in [0.1, 0.15) is 111 Å². The molecule has 3 unspecified atom stereocenters. The molecule has 4 N–H and O–H groups in total. The first kappa shape index (κ1) is 35.2. The summed E-state index contributed by atoms with van der Waals surface area (Å²) < 4.78 is 0. The molecule has 0 bridgehead atoms. The number of carbonyl (C=O) groups excluding carboxylic acids is 2. The number of hydrogen-bond acceptors (Lipinski definition) is 8. The van der Waals surface area contributed by atoms with Crippen LogP contribution in [0.5, 0.6) is 0 Å². The minimum atomic E-state index is -1.39. The number of quaternary nitrogens is 1. The Morgan fingerprint density at radius 3 is 2.31 bits per heavy atom. The third-order valence-corrected chi connectivity index (χ3v) is 12.5. The third kappa shape index (κ3) is 8.96. The van der Waals surface area contributed by atoms with Gasteiger partial charge in [0, 0.05) is 47.8 Å². The Hall–Kier alpha value is -3.60. The predicted molar refractivity (Wildman–Crippen MR) is 193 cm³/mol. The number of benzene rings is 1. The summed E-state index contributed by atoms with van der Waals surface area (Å²) in [5, 5.41) is 16.3. The van der Waals surface area contributed by atoms with E-state index in [4.69, 9.17) is 9.97 Å². The van der Waals surface area contributed by atoms with E-state index in [-0.39, 0.29) is 30.2 Å². The summed E-state index contributed by atoms with van der Waals surface area (Å²) >= 11 is 1.44. The second-order valence-electron chi connectivity index (χ2n) is 15.5. The molecule has 260 valence electrons. The van der Waals surface area contributed by atoms with E-state index in [9.17, 15) is 19.6 Å². The van der Waals surface area contributed by atoms with Gasteiger partial charge in [-0.2, -0.15) is 0 Å². The Bertz CT molecular complexity index is 1650. The number of amides is 2. The summed E-state index contributed by atoms with van der Waals surface area (Å²) in [6, 6.07) is 10.8. The van der Waals surface area contributed by atoms with Crippen LogP contribution < -0.4 is 10.6 Å². The number of nitroso groups, excluding NO2 is 1. The highest BCUT2D eigenvalue weighted by Gasteiger charge is 2.45. The van der Waals surface area contributed by atoms with Gasteiger partial charge in [-0.25, -0.2) is 14.8 Å². The van der Waals surface area contributed by atoms with Gasteiger partial charge in [0.1, 0.15) is 4.88 Å². The Balaban J connectivity index is 1.07. The van der Waals surface area contributed by atoms with Crippen molar-refractivity contribution in [3.8, 4) is 11.4 Å². The average molecular weight is 685 g/mol. The highest BCUT2D eigenvalue weighted by molar-refractivity contribution is 7.14. The van der Waals surface area contributed by atoms with Crippen LogP contribution in [0.25, 0.3) is 17.0 Å². The maximum atomic E-state index is 13.3. The zero-order chi connectivity index (χ0) is 34.6. The molecule has 3 aromatic rings. The van der Waals surface area contributed by atoms with Crippen LogP contribution in [0.4, 0.5) is 0 Å². The molecule has 10 heteroatoms. The summed E-state index contributed by atoms with van der Waals surface area (Å²) in [5.41, 5.74) is 4.90. The van der Waals surface area contributed by atoms with Gasteiger partial charge in [-0.15, -0.1) is 16.2 Å². The molecule has 1 spiro atoms. The molecule has 2 aromatic heterocycles. The van der Waals surface area contributed by atoms with Crippen molar-refractivity contribution in [2.45, 2.75) is 109 Å². The van der Waals surface area contributed by atoms with E-state index < -0.39 is 12.3 Å². The summed E-state index contributed by atoms with van der Waals surface area (Å²) in [6.07, 6.45) is 17.5. The van der Waals surface area contributed by atoms with Crippen molar-refractivity contribution in [3.05, 3.63) is 80.7 Å². The Kier molecular flexibility index (Phi) is 10.9. The first-order valence-corrected chi connectivity index (χ1v) is 18.7. The Morgan fingerprint density at radius 1 is 1.00 bits per heavy atom. The molecule has 0 saturated heterocycles. The number of nitrogens with two attached hydrogens (primary N) is 1. The predicted octanol–water partition coefficient (Wildman–Crippen LogP) is 6.56. The molecule has 9 nitrogen and oxygen atoms in total. The van der Waals surface area contributed by atoms with Crippen LogP contribution in [-0.2, 0) is 16.6 Å². The van der Waals surface area contributed by atoms with Gasteiger partial charge in [-0.05, 0) is 109 Å². The smallest absolute Gasteiger partial charge is 0.353 e. The van der Waals surface area contributed by atoms with Crippen molar-refractivity contribution in [3.63, 3.8) is 0 Å². The van der Waals surface area contributed by atoms with E-state index in [2.05, 4.69) is 37.3 Å². The summed E-state index contributed by atoms with van der Waals surface area (Å²) in [6.45, 7) is 6.37. The molecule has 2 fully saturated rings. The summed E-state index contributed by atoms with van der Waals surface area (Å²) in [4.78, 5) is 48.1. The lowest BCUT2D eigenvalue weighted by molar-refractivity contribution is -0.580. The van der Waals surface area contributed by atoms with E-state index in [1.54, 1.807) is 0 Å². The van der Waals surface area contributed by atoms with Crippen molar-refractivity contribution in [1.29, 1.82) is 0 Å². The molecule has 0 radical (unpaired) electrons. The molecule has 0 aliphatic heterocycles. The maximum Gasteiger partial charge on any atom is 0.353 e. The Labute approximate surface area is 293 Å². The fourth-order valence-corrected chi connectivity index (χ4v) is 8.49. The molecule has 2 heterocycles. The second kappa shape index (κ2) is 15.1. The molecule has 2 amide bonds.